The van der Waals surface area contributed by atoms with Crippen LogP contribution in [-0.2, 0) is 4.79 Å². The van der Waals surface area contributed by atoms with Crippen LogP contribution in [0.3, 0.4) is 0 Å². The Kier molecular flexibility index (Phi) is 4.33. The number of carbonyl (C=O) groups excluding carboxylic acids is 1. The monoisotopic (exact) mass is 380 g/mol. The van der Waals surface area contributed by atoms with E-state index in [1.165, 1.54) is 0 Å². The van der Waals surface area contributed by atoms with Gasteiger partial charge in [0.1, 0.15) is 0 Å². The summed E-state index contributed by atoms with van der Waals surface area (Å²) in [5, 5.41) is 6.63. The second-order valence-electron chi connectivity index (χ2n) is 3.94. The number of hydrogen-bond donors (Lipinski definition) is 2. The van der Waals surface area contributed by atoms with Gasteiger partial charge in [-0.3, -0.25) is 4.79 Å². The molecule has 0 aliphatic heterocycles. The van der Waals surface area contributed by atoms with Crippen LogP contribution in [0, 0.1) is 0 Å². The lowest BCUT2D eigenvalue weighted by molar-refractivity contribution is -0.119. The summed E-state index contributed by atoms with van der Waals surface area (Å²) in [6, 6.07) is 3.96. The van der Waals surface area contributed by atoms with Crippen molar-refractivity contribution in [2.24, 2.45) is 0 Å². The van der Waals surface area contributed by atoms with E-state index in [1.807, 2.05) is 0 Å². The minimum Gasteiger partial charge on any atom is -0.374 e. The second kappa shape index (κ2) is 5.59. The van der Waals surface area contributed by atoms with Crippen LogP contribution in [0.4, 0.5) is 5.69 Å². The molecule has 1 amide bonds. The highest BCUT2D eigenvalue weighted by atomic mass is 79.9. The van der Waals surface area contributed by atoms with Crippen LogP contribution in [0.5, 0.6) is 0 Å². The number of halogens is 3. The SMILES string of the molecule is O=C(CNc1c(Br)cc(Cl)cc1Br)NC1CC1. The Labute approximate surface area is 122 Å². The Bertz CT molecular complexity index is 426. The average molecular weight is 382 g/mol. The van der Waals surface area contributed by atoms with Crippen LogP contribution in [0.2, 0.25) is 5.02 Å². The molecule has 1 saturated carbocycles. The summed E-state index contributed by atoms with van der Waals surface area (Å²) in [6.07, 6.45) is 2.19. The molecule has 3 nitrogen and oxygen atoms in total. The molecule has 1 aromatic carbocycles. The van der Waals surface area contributed by atoms with E-state index in [-0.39, 0.29) is 12.5 Å². The first kappa shape index (κ1) is 13.2. The summed E-state index contributed by atoms with van der Waals surface area (Å²) in [7, 11) is 0. The van der Waals surface area contributed by atoms with Crippen molar-refractivity contribution in [3.8, 4) is 0 Å². The third-order valence-electron chi connectivity index (χ3n) is 2.38. The maximum absolute atomic E-state index is 11.5. The van der Waals surface area contributed by atoms with Crippen LogP contribution in [0.25, 0.3) is 0 Å². The Morgan fingerprint density at radius 2 is 1.94 bits per heavy atom. The molecule has 0 radical (unpaired) electrons. The largest absolute Gasteiger partial charge is 0.374 e. The highest BCUT2D eigenvalue weighted by Gasteiger charge is 2.23. The van der Waals surface area contributed by atoms with Crippen LogP contribution in [0.1, 0.15) is 12.8 Å². The number of benzene rings is 1. The van der Waals surface area contributed by atoms with E-state index in [4.69, 9.17) is 11.6 Å². The molecular formula is C11H11Br2ClN2O. The van der Waals surface area contributed by atoms with E-state index in [0.29, 0.717) is 11.1 Å². The third kappa shape index (κ3) is 3.86. The van der Waals surface area contributed by atoms with Crippen molar-refractivity contribution >= 4 is 55.1 Å². The normalized spacial score (nSPS) is 14.5. The first-order chi connectivity index (χ1) is 8.06. The fourth-order valence-electron chi connectivity index (χ4n) is 1.39. The van der Waals surface area contributed by atoms with Gasteiger partial charge in [-0.15, -0.1) is 0 Å². The van der Waals surface area contributed by atoms with Crippen molar-refractivity contribution < 1.29 is 4.79 Å². The molecule has 0 unspecified atom stereocenters. The van der Waals surface area contributed by atoms with Gasteiger partial charge in [0.15, 0.2) is 0 Å². The summed E-state index contributed by atoms with van der Waals surface area (Å²) < 4.78 is 1.66. The Balaban J connectivity index is 1.95. The lowest BCUT2D eigenvalue weighted by Crippen LogP contribution is -2.31. The second-order valence-corrected chi connectivity index (χ2v) is 6.08. The van der Waals surface area contributed by atoms with Crippen molar-refractivity contribution in [1.29, 1.82) is 0 Å². The van der Waals surface area contributed by atoms with Gasteiger partial charge in [-0.05, 0) is 56.8 Å². The summed E-state index contributed by atoms with van der Waals surface area (Å²) in [5.74, 6) is 0.0150. The fraction of sp³-hybridized carbons (Fsp3) is 0.364. The standard InChI is InChI=1S/C11H11Br2ClN2O/c12-8-3-6(14)4-9(13)11(8)15-5-10(17)16-7-1-2-7/h3-4,7,15H,1-2,5H2,(H,16,17). The number of anilines is 1. The van der Waals surface area contributed by atoms with Crippen LogP contribution < -0.4 is 10.6 Å². The molecule has 0 bridgehead atoms. The molecule has 1 fully saturated rings. The lowest BCUT2D eigenvalue weighted by Gasteiger charge is -2.11. The van der Waals surface area contributed by atoms with Gasteiger partial charge < -0.3 is 10.6 Å². The average Bonchev–Trinajstić information content (AvgIpc) is 2.99. The summed E-state index contributed by atoms with van der Waals surface area (Å²) in [4.78, 5) is 11.5. The molecule has 0 atom stereocenters. The van der Waals surface area contributed by atoms with Crippen molar-refractivity contribution in [3.05, 3.63) is 26.1 Å². The summed E-state index contributed by atoms with van der Waals surface area (Å²) >= 11 is 12.7. The summed E-state index contributed by atoms with van der Waals surface area (Å²) in [6.45, 7) is 0.259. The number of nitrogens with one attached hydrogen (secondary N) is 2. The van der Waals surface area contributed by atoms with Crippen LogP contribution in [-0.4, -0.2) is 18.5 Å². The molecule has 0 heterocycles. The van der Waals surface area contributed by atoms with Gasteiger partial charge in [0, 0.05) is 20.0 Å². The number of rotatable bonds is 4. The molecular weight excluding hydrogens is 371 g/mol. The van der Waals surface area contributed by atoms with Gasteiger partial charge in [0.05, 0.1) is 12.2 Å². The van der Waals surface area contributed by atoms with Crippen molar-refractivity contribution in [1.82, 2.24) is 5.32 Å². The van der Waals surface area contributed by atoms with Crippen LogP contribution >= 0.6 is 43.5 Å². The van der Waals surface area contributed by atoms with Gasteiger partial charge in [-0.2, -0.15) is 0 Å². The van der Waals surface area contributed by atoms with E-state index < -0.39 is 0 Å². The molecule has 1 aliphatic carbocycles. The molecule has 92 valence electrons. The maximum Gasteiger partial charge on any atom is 0.239 e. The van der Waals surface area contributed by atoms with Crippen LogP contribution in [0.15, 0.2) is 21.1 Å². The van der Waals surface area contributed by atoms with E-state index in [9.17, 15) is 4.79 Å². The first-order valence-electron chi connectivity index (χ1n) is 5.24. The Morgan fingerprint density at radius 3 is 2.47 bits per heavy atom. The van der Waals surface area contributed by atoms with Gasteiger partial charge in [-0.1, -0.05) is 11.6 Å². The zero-order valence-corrected chi connectivity index (χ0v) is 12.8. The van der Waals surface area contributed by atoms with Crippen molar-refractivity contribution in [2.75, 3.05) is 11.9 Å². The summed E-state index contributed by atoms with van der Waals surface area (Å²) in [5.41, 5.74) is 0.834. The number of hydrogen-bond acceptors (Lipinski definition) is 2. The third-order valence-corrected chi connectivity index (χ3v) is 3.84. The lowest BCUT2D eigenvalue weighted by atomic mass is 10.3. The van der Waals surface area contributed by atoms with E-state index >= 15 is 0 Å². The minimum absolute atomic E-state index is 0.0150. The zero-order valence-electron chi connectivity index (χ0n) is 8.90. The molecule has 1 aromatic rings. The highest BCUT2D eigenvalue weighted by Crippen LogP contribution is 2.34. The van der Waals surface area contributed by atoms with Crippen molar-refractivity contribution in [3.63, 3.8) is 0 Å². The predicted octanol–water partition coefficient (Wildman–Crippen LogP) is 3.56. The zero-order chi connectivity index (χ0) is 12.4. The molecule has 17 heavy (non-hydrogen) atoms. The molecule has 0 spiro atoms. The Hall–Kier alpha value is -0.260. The van der Waals surface area contributed by atoms with Gasteiger partial charge >= 0.3 is 0 Å². The number of carbonyl (C=O) groups is 1. The fourth-order valence-corrected chi connectivity index (χ4v) is 3.33. The molecule has 1 aliphatic rings. The topological polar surface area (TPSA) is 41.1 Å². The maximum atomic E-state index is 11.5. The van der Waals surface area contributed by atoms with Gasteiger partial charge in [0.25, 0.3) is 0 Å². The molecule has 2 rings (SSSR count). The van der Waals surface area contributed by atoms with Gasteiger partial charge in [-0.25, -0.2) is 0 Å². The molecule has 0 aromatic heterocycles. The first-order valence-corrected chi connectivity index (χ1v) is 7.20. The predicted molar refractivity (Wildman–Crippen MR) is 76.5 cm³/mol. The van der Waals surface area contributed by atoms with E-state index in [2.05, 4.69) is 42.5 Å². The molecule has 6 heteroatoms. The molecule has 0 saturated heterocycles. The highest BCUT2D eigenvalue weighted by molar-refractivity contribution is 9.11. The van der Waals surface area contributed by atoms with Crippen molar-refractivity contribution in [2.45, 2.75) is 18.9 Å². The van der Waals surface area contributed by atoms with E-state index in [0.717, 1.165) is 27.5 Å². The Morgan fingerprint density at radius 1 is 1.35 bits per heavy atom. The van der Waals surface area contributed by atoms with E-state index in [1.54, 1.807) is 12.1 Å². The quantitative estimate of drug-likeness (QED) is 0.836. The van der Waals surface area contributed by atoms with Gasteiger partial charge in [0.2, 0.25) is 5.91 Å². The molecule has 2 N–H and O–H groups in total. The number of amides is 1. The minimum atomic E-state index is 0.0150. The smallest absolute Gasteiger partial charge is 0.239 e.